The van der Waals surface area contributed by atoms with Gasteiger partial charge in [0.05, 0.1) is 0 Å². The molecule has 0 radical (unpaired) electrons. The van der Waals surface area contributed by atoms with E-state index < -0.39 is 11.8 Å². The van der Waals surface area contributed by atoms with E-state index in [4.69, 9.17) is 10.8 Å². The van der Waals surface area contributed by atoms with Gasteiger partial charge in [-0.05, 0) is 18.6 Å². The molecule has 88 valence electrons. The highest BCUT2D eigenvalue weighted by atomic mass is 32.1. The van der Waals surface area contributed by atoms with E-state index in [2.05, 4.69) is 0 Å². The molecule has 0 atom stereocenters. The van der Waals surface area contributed by atoms with Crippen molar-refractivity contribution in [1.29, 1.82) is 0 Å². The number of benzene rings is 1. The molecule has 1 heterocycles. The fourth-order valence-electron chi connectivity index (χ4n) is 1.63. The summed E-state index contributed by atoms with van der Waals surface area (Å²) in [6, 6.07) is 4.67. The van der Waals surface area contributed by atoms with Crippen LogP contribution in [0.15, 0.2) is 23.6 Å². The van der Waals surface area contributed by atoms with Crippen molar-refractivity contribution in [2.75, 3.05) is 5.73 Å². The van der Waals surface area contributed by atoms with Crippen LogP contribution in [0.5, 0.6) is 0 Å². The molecule has 0 aliphatic rings. The van der Waals surface area contributed by atoms with E-state index in [9.17, 15) is 9.18 Å². The number of carboxylic acids is 1. The van der Waals surface area contributed by atoms with E-state index in [1.54, 1.807) is 24.4 Å². The molecule has 0 amide bonds. The van der Waals surface area contributed by atoms with Gasteiger partial charge < -0.3 is 10.8 Å². The smallest absolute Gasteiger partial charge is 0.339 e. The zero-order chi connectivity index (χ0) is 12.6. The molecule has 3 nitrogen and oxygen atoms in total. The van der Waals surface area contributed by atoms with E-state index in [1.807, 2.05) is 0 Å². The number of anilines is 1. The Balaban J connectivity index is 2.65. The van der Waals surface area contributed by atoms with Gasteiger partial charge in [0.25, 0.3) is 0 Å². The van der Waals surface area contributed by atoms with E-state index >= 15 is 0 Å². The van der Waals surface area contributed by atoms with Crippen LogP contribution in [0.2, 0.25) is 0 Å². The minimum Gasteiger partial charge on any atom is -0.478 e. The third-order valence-corrected chi connectivity index (χ3v) is 3.26. The first-order valence-corrected chi connectivity index (χ1v) is 5.75. The first-order valence-electron chi connectivity index (χ1n) is 4.87. The molecular formula is C12H10FNO2S. The van der Waals surface area contributed by atoms with Gasteiger partial charge in [0, 0.05) is 16.5 Å². The molecule has 0 bridgehead atoms. The summed E-state index contributed by atoms with van der Waals surface area (Å²) < 4.78 is 13.8. The molecule has 0 saturated carbocycles. The molecule has 0 saturated heterocycles. The van der Waals surface area contributed by atoms with Crippen LogP contribution in [0.1, 0.15) is 15.9 Å². The van der Waals surface area contributed by atoms with Crippen LogP contribution >= 0.6 is 11.3 Å². The first kappa shape index (κ1) is 11.6. The van der Waals surface area contributed by atoms with Gasteiger partial charge in [-0.15, -0.1) is 11.3 Å². The first-order chi connectivity index (χ1) is 8.00. The maximum absolute atomic E-state index is 13.8. The summed E-state index contributed by atoms with van der Waals surface area (Å²) in [5, 5.41) is 10.8. The van der Waals surface area contributed by atoms with Crippen LogP contribution in [-0.4, -0.2) is 11.1 Å². The summed E-state index contributed by atoms with van der Waals surface area (Å²) >= 11 is 1.10. The Morgan fingerprint density at radius 3 is 2.71 bits per heavy atom. The summed E-state index contributed by atoms with van der Waals surface area (Å²) in [5.74, 6) is -1.58. The number of hydrogen-bond donors (Lipinski definition) is 2. The lowest BCUT2D eigenvalue weighted by Gasteiger charge is -2.04. The predicted octanol–water partition coefficient (Wildman–Crippen LogP) is 3.14. The lowest BCUT2D eigenvalue weighted by molar-refractivity contribution is 0.0699. The standard InChI is InChI=1S/C12H10FNO2S/c1-6-2-3-7(9(13)4-6)8-5-17-11(14)10(8)12(15)16/h2-5H,14H2,1H3,(H,15,16). The van der Waals surface area contributed by atoms with Crippen molar-refractivity contribution in [1.82, 2.24) is 0 Å². The zero-order valence-corrected chi connectivity index (χ0v) is 9.84. The van der Waals surface area contributed by atoms with Crippen LogP contribution in [0, 0.1) is 12.7 Å². The van der Waals surface area contributed by atoms with Gasteiger partial charge >= 0.3 is 5.97 Å². The fourth-order valence-corrected chi connectivity index (χ4v) is 2.44. The van der Waals surface area contributed by atoms with Gasteiger partial charge in [0.15, 0.2) is 0 Å². The highest BCUT2D eigenvalue weighted by Crippen LogP contribution is 2.35. The normalized spacial score (nSPS) is 10.5. The molecule has 0 unspecified atom stereocenters. The lowest BCUT2D eigenvalue weighted by Crippen LogP contribution is -2.01. The van der Waals surface area contributed by atoms with E-state index in [0.717, 1.165) is 16.9 Å². The molecule has 0 fully saturated rings. The second-order valence-electron chi connectivity index (χ2n) is 3.68. The van der Waals surface area contributed by atoms with Gasteiger partial charge in [0.1, 0.15) is 16.4 Å². The number of nitrogen functional groups attached to an aromatic ring is 1. The number of hydrogen-bond acceptors (Lipinski definition) is 3. The largest absolute Gasteiger partial charge is 0.478 e. The molecule has 1 aromatic carbocycles. The Morgan fingerprint density at radius 2 is 2.12 bits per heavy atom. The molecule has 5 heteroatoms. The Kier molecular flexibility index (Phi) is 2.85. The summed E-state index contributed by atoms with van der Waals surface area (Å²) in [6.45, 7) is 1.77. The van der Waals surface area contributed by atoms with Crippen molar-refractivity contribution in [3.63, 3.8) is 0 Å². The molecule has 0 aliphatic carbocycles. The Bertz CT molecular complexity index is 592. The number of halogens is 1. The molecule has 0 spiro atoms. The van der Waals surface area contributed by atoms with E-state index in [-0.39, 0.29) is 16.1 Å². The zero-order valence-electron chi connectivity index (χ0n) is 9.03. The topological polar surface area (TPSA) is 63.3 Å². The minimum atomic E-state index is -1.14. The number of thiophene rings is 1. The molecular weight excluding hydrogens is 241 g/mol. The third kappa shape index (κ3) is 2.01. The number of carbonyl (C=O) groups is 1. The van der Waals surface area contributed by atoms with Crippen molar-refractivity contribution >= 4 is 22.3 Å². The van der Waals surface area contributed by atoms with Gasteiger partial charge in [-0.3, -0.25) is 0 Å². The van der Waals surface area contributed by atoms with Crippen molar-refractivity contribution < 1.29 is 14.3 Å². The highest BCUT2D eigenvalue weighted by Gasteiger charge is 2.19. The van der Waals surface area contributed by atoms with Gasteiger partial charge in [0.2, 0.25) is 0 Å². The average molecular weight is 251 g/mol. The second-order valence-corrected chi connectivity index (χ2v) is 4.59. The number of aryl methyl sites for hydroxylation is 1. The van der Waals surface area contributed by atoms with E-state index in [0.29, 0.717) is 5.56 Å². The SMILES string of the molecule is Cc1ccc(-c2csc(N)c2C(=O)O)c(F)c1. The van der Waals surface area contributed by atoms with Gasteiger partial charge in [-0.2, -0.15) is 0 Å². The lowest BCUT2D eigenvalue weighted by atomic mass is 10.0. The second kappa shape index (κ2) is 4.18. The molecule has 0 aliphatic heterocycles. The molecule has 2 aromatic rings. The summed E-state index contributed by atoms with van der Waals surface area (Å²) in [7, 11) is 0. The fraction of sp³-hybridized carbons (Fsp3) is 0.0833. The number of rotatable bonds is 2. The number of carboxylic acid groups (broad SMARTS) is 1. The summed E-state index contributed by atoms with van der Waals surface area (Å²) in [4.78, 5) is 11.1. The Labute approximate surface area is 101 Å². The Hall–Kier alpha value is -1.88. The average Bonchev–Trinajstić information content (AvgIpc) is 2.60. The molecule has 3 N–H and O–H groups in total. The maximum atomic E-state index is 13.8. The van der Waals surface area contributed by atoms with Crippen LogP contribution in [0.3, 0.4) is 0 Å². The Morgan fingerprint density at radius 1 is 1.41 bits per heavy atom. The predicted molar refractivity (Wildman–Crippen MR) is 65.8 cm³/mol. The quantitative estimate of drug-likeness (QED) is 0.861. The van der Waals surface area contributed by atoms with Crippen molar-refractivity contribution in [3.8, 4) is 11.1 Å². The van der Waals surface area contributed by atoms with Crippen LogP contribution in [0.25, 0.3) is 11.1 Å². The third-order valence-electron chi connectivity index (χ3n) is 2.45. The summed E-state index contributed by atoms with van der Waals surface area (Å²) in [6.07, 6.45) is 0. The molecule has 17 heavy (non-hydrogen) atoms. The van der Waals surface area contributed by atoms with Crippen molar-refractivity contribution in [2.24, 2.45) is 0 Å². The minimum absolute atomic E-state index is 0.0299. The summed E-state index contributed by atoms with van der Waals surface area (Å²) in [5.41, 5.74) is 6.92. The van der Waals surface area contributed by atoms with Crippen LogP contribution in [-0.2, 0) is 0 Å². The number of nitrogens with two attached hydrogens (primary N) is 1. The van der Waals surface area contributed by atoms with Crippen LogP contribution in [0.4, 0.5) is 9.39 Å². The van der Waals surface area contributed by atoms with Gasteiger partial charge in [-0.25, -0.2) is 9.18 Å². The highest BCUT2D eigenvalue weighted by molar-refractivity contribution is 7.14. The number of aromatic carboxylic acids is 1. The van der Waals surface area contributed by atoms with E-state index in [1.165, 1.54) is 6.07 Å². The monoisotopic (exact) mass is 251 g/mol. The van der Waals surface area contributed by atoms with Gasteiger partial charge in [-0.1, -0.05) is 12.1 Å². The molecule has 2 rings (SSSR count). The molecule has 1 aromatic heterocycles. The van der Waals surface area contributed by atoms with Crippen molar-refractivity contribution in [3.05, 3.63) is 40.5 Å². The van der Waals surface area contributed by atoms with Crippen LogP contribution < -0.4 is 5.73 Å². The maximum Gasteiger partial charge on any atom is 0.339 e. The van der Waals surface area contributed by atoms with Crippen molar-refractivity contribution in [2.45, 2.75) is 6.92 Å².